The highest BCUT2D eigenvalue weighted by Crippen LogP contribution is 2.34. The minimum atomic E-state index is -5.08. The van der Waals surface area contributed by atoms with E-state index in [4.69, 9.17) is 9.90 Å². The average Bonchev–Trinajstić information content (AvgIpc) is 3.21. The van der Waals surface area contributed by atoms with Gasteiger partial charge in [-0.15, -0.1) is 0 Å². The van der Waals surface area contributed by atoms with Crippen molar-refractivity contribution in [3.63, 3.8) is 0 Å². The van der Waals surface area contributed by atoms with E-state index in [0.29, 0.717) is 31.6 Å². The molecule has 0 saturated heterocycles. The lowest BCUT2D eigenvalue weighted by Gasteiger charge is -2.14. The first-order valence-corrected chi connectivity index (χ1v) is 10.3. The van der Waals surface area contributed by atoms with E-state index in [1.807, 2.05) is 12.3 Å². The zero-order valence-electron chi connectivity index (χ0n) is 18.1. The Bertz CT molecular complexity index is 1230. The number of halogens is 3. The lowest BCUT2D eigenvalue weighted by Crippen LogP contribution is -2.26. The number of carboxylic acid groups (broad SMARTS) is 2. The van der Waals surface area contributed by atoms with Crippen molar-refractivity contribution >= 4 is 17.8 Å². The molecule has 10 nitrogen and oxygen atoms in total. The van der Waals surface area contributed by atoms with Crippen LogP contribution in [0, 0.1) is 0 Å². The number of aryl methyl sites for hydroxylation is 2. The first-order chi connectivity index (χ1) is 16.6. The first-order valence-electron chi connectivity index (χ1n) is 10.3. The van der Waals surface area contributed by atoms with Gasteiger partial charge in [0.25, 0.3) is 5.91 Å². The van der Waals surface area contributed by atoms with E-state index in [2.05, 4.69) is 20.4 Å². The predicted molar refractivity (Wildman–Crippen MR) is 115 cm³/mol. The van der Waals surface area contributed by atoms with E-state index in [0.717, 1.165) is 28.8 Å². The number of rotatable bonds is 6. The smallest absolute Gasteiger partial charge is 0.477 e. The largest absolute Gasteiger partial charge is 0.490 e. The Kier molecular flexibility index (Phi) is 7.79. The van der Waals surface area contributed by atoms with Gasteiger partial charge in [0.15, 0.2) is 0 Å². The number of amides is 1. The zero-order chi connectivity index (χ0) is 25.6. The maximum absolute atomic E-state index is 12.0. The minimum Gasteiger partial charge on any atom is -0.477 e. The molecule has 13 heteroatoms. The molecule has 0 spiro atoms. The summed E-state index contributed by atoms with van der Waals surface area (Å²) in [5.41, 5.74) is 4.10. The molecule has 1 amide bonds. The van der Waals surface area contributed by atoms with Crippen LogP contribution in [0.1, 0.15) is 38.5 Å². The van der Waals surface area contributed by atoms with E-state index in [-0.39, 0.29) is 11.6 Å². The van der Waals surface area contributed by atoms with E-state index in [9.17, 15) is 27.9 Å². The van der Waals surface area contributed by atoms with Gasteiger partial charge < -0.3 is 15.5 Å². The standard InChI is InChI=1S/C20H19N5O3.C2HF3O2/c26-19(16-4-1-2-8-22-16)23-9-3-11-25-18(20(27)28)15-6-5-13-12-21-10-7-14(13)17(15)24-25;3-2(4,5)1(6)7/h1-2,4,7-8,10,12H,3,5-6,9,11H2,(H,23,26)(H,27,28);(H,6,7). The van der Waals surface area contributed by atoms with Gasteiger partial charge in [-0.2, -0.15) is 18.3 Å². The second-order valence-electron chi connectivity index (χ2n) is 7.36. The maximum atomic E-state index is 12.0. The quantitative estimate of drug-likeness (QED) is 0.446. The van der Waals surface area contributed by atoms with E-state index >= 15 is 0 Å². The molecule has 1 aliphatic carbocycles. The van der Waals surface area contributed by atoms with Crippen LogP contribution in [0.4, 0.5) is 13.2 Å². The summed E-state index contributed by atoms with van der Waals surface area (Å²) in [6.07, 6.45) is 1.93. The Morgan fingerprint density at radius 3 is 2.46 bits per heavy atom. The molecule has 3 N–H and O–H groups in total. The van der Waals surface area contributed by atoms with Gasteiger partial charge in [-0.05, 0) is 43.0 Å². The van der Waals surface area contributed by atoms with Crippen LogP contribution in [-0.4, -0.2) is 60.5 Å². The van der Waals surface area contributed by atoms with Crippen LogP contribution in [-0.2, 0) is 24.2 Å². The number of pyridine rings is 2. The van der Waals surface area contributed by atoms with Gasteiger partial charge in [-0.25, -0.2) is 9.59 Å². The summed E-state index contributed by atoms with van der Waals surface area (Å²) in [5.74, 6) is -3.99. The molecule has 3 aromatic heterocycles. The summed E-state index contributed by atoms with van der Waals surface area (Å²) < 4.78 is 33.3. The van der Waals surface area contributed by atoms with Crippen LogP contribution in [0.15, 0.2) is 42.9 Å². The van der Waals surface area contributed by atoms with Crippen LogP contribution >= 0.6 is 0 Å². The topological polar surface area (TPSA) is 147 Å². The average molecular weight is 491 g/mol. The van der Waals surface area contributed by atoms with Crippen molar-refractivity contribution in [1.29, 1.82) is 0 Å². The highest BCUT2D eigenvalue weighted by Gasteiger charge is 2.38. The third-order valence-electron chi connectivity index (χ3n) is 5.03. The lowest BCUT2D eigenvalue weighted by atomic mass is 9.90. The Hall–Kier alpha value is -4.29. The van der Waals surface area contributed by atoms with Gasteiger partial charge in [0.2, 0.25) is 0 Å². The second-order valence-corrected chi connectivity index (χ2v) is 7.36. The number of hydrogen-bond acceptors (Lipinski definition) is 6. The monoisotopic (exact) mass is 491 g/mol. The van der Waals surface area contributed by atoms with Crippen molar-refractivity contribution in [3.8, 4) is 11.3 Å². The highest BCUT2D eigenvalue weighted by atomic mass is 19.4. The van der Waals surface area contributed by atoms with Crippen LogP contribution in [0.5, 0.6) is 0 Å². The summed E-state index contributed by atoms with van der Waals surface area (Å²) in [7, 11) is 0. The van der Waals surface area contributed by atoms with Crippen molar-refractivity contribution in [2.45, 2.75) is 32.0 Å². The minimum absolute atomic E-state index is 0.230. The molecule has 1 aliphatic rings. The molecule has 0 aromatic carbocycles. The Balaban J connectivity index is 0.000000429. The molecule has 3 aromatic rings. The molecule has 184 valence electrons. The summed E-state index contributed by atoms with van der Waals surface area (Å²) in [5, 5.41) is 24.2. The molecule has 35 heavy (non-hydrogen) atoms. The predicted octanol–water partition coefficient (Wildman–Crippen LogP) is 2.59. The number of aromatic carboxylic acids is 1. The highest BCUT2D eigenvalue weighted by molar-refractivity contribution is 5.92. The molecule has 0 bridgehead atoms. The van der Waals surface area contributed by atoms with Gasteiger partial charge in [-0.3, -0.25) is 19.4 Å². The zero-order valence-corrected chi connectivity index (χ0v) is 18.1. The van der Waals surface area contributed by atoms with Crippen LogP contribution in [0.2, 0.25) is 0 Å². The lowest BCUT2D eigenvalue weighted by molar-refractivity contribution is -0.192. The number of carbonyl (C=O) groups is 3. The fourth-order valence-corrected chi connectivity index (χ4v) is 3.49. The van der Waals surface area contributed by atoms with Crippen LogP contribution in [0.3, 0.4) is 0 Å². The third kappa shape index (κ3) is 6.19. The van der Waals surface area contributed by atoms with Crippen molar-refractivity contribution in [1.82, 2.24) is 25.1 Å². The van der Waals surface area contributed by atoms with E-state index < -0.39 is 18.1 Å². The molecular formula is C22H20F3N5O5. The van der Waals surface area contributed by atoms with E-state index in [1.54, 1.807) is 30.6 Å². The third-order valence-corrected chi connectivity index (χ3v) is 5.03. The summed E-state index contributed by atoms with van der Waals surface area (Å²) in [4.78, 5) is 40.9. The fourth-order valence-electron chi connectivity index (χ4n) is 3.49. The number of carboxylic acids is 2. The number of aliphatic carboxylic acids is 1. The van der Waals surface area contributed by atoms with Crippen LogP contribution in [0.25, 0.3) is 11.3 Å². The maximum Gasteiger partial charge on any atom is 0.490 e. The van der Waals surface area contributed by atoms with Crippen molar-refractivity contribution < 1.29 is 37.8 Å². The number of nitrogens with one attached hydrogen (secondary N) is 1. The van der Waals surface area contributed by atoms with Gasteiger partial charge in [0, 0.05) is 42.8 Å². The Morgan fingerprint density at radius 1 is 1.09 bits per heavy atom. The Labute approximate surface area is 196 Å². The van der Waals surface area contributed by atoms with Gasteiger partial charge >= 0.3 is 18.1 Å². The number of alkyl halides is 3. The molecule has 0 saturated carbocycles. The molecule has 0 aliphatic heterocycles. The molecular weight excluding hydrogens is 471 g/mol. The molecule has 0 fully saturated rings. The summed E-state index contributed by atoms with van der Waals surface area (Å²) in [6, 6.07) is 7.02. The number of carbonyl (C=O) groups excluding carboxylic acids is 1. The molecule has 0 atom stereocenters. The second kappa shape index (κ2) is 10.8. The van der Waals surface area contributed by atoms with Crippen LogP contribution < -0.4 is 5.32 Å². The summed E-state index contributed by atoms with van der Waals surface area (Å²) in [6.45, 7) is 0.803. The SMILES string of the molecule is O=C(NCCCn1nc2c(c1C(=O)O)CCc1cnccc1-2)c1ccccn1.O=C(O)C(F)(F)F. The molecule has 0 radical (unpaired) electrons. The number of nitrogens with zero attached hydrogens (tertiary/aromatic N) is 4. The normalized spacial score (nSPS) is 12.0. The number of aromatic nitrogens is 4. The van der Waals surface area contributed by atoms with Crippen molar-refractivity contribution in [2.75, 3.05) is 6.54 Å². The van der Waals surface area contributed by atoms with Crippen molar-refractivity contribution in [3.05, 3.63) is 65.4 Å². The molecule has 4 rings (SSSR count). The van der Waals surface area contributed by atoms with Gasteiger partial charge in [0.05, 0.1) is 5.69 Å². The molecule has 0 unspecified atom stereocenters. The van der Waals surface area contributed by atoms with Gasteiger partial charge in [0.1, 0.15) is 11.4 Å². The summed E-state index contributed by atoms with van der Waals surface area (Å²) >= 11 is 0. The first kappa shape index (κ1) is 25.3. The number of hydrogen-bond donors (Lipinski definition) is 3. The Morgan fingerprint density at radius 2 is 1.83 bits per heavy atom. The van der Waals surface area contributed by atoms with Gasteiger partial charge in [-0.1, -0.05) is 6.07 Å². The molecule has 3 heterocycles. The number of fused-ring (bicyclic) bond motifs is 3. The van der Waals surface area contributed by atoms with E-state index in [1.165, 1.54) is 4.68 Å². The fraction of sp³-hybridized carbons (Fsp3) is 0.273. The van der Waals surface area contributed by atoms with Crippen molar-refractivity contribution in [2.24, 2.45) is 0 Å².